The number of fused-ring (bicyclic) bond motifs is 1. The normalized spacial score (nSPS) is 21.4. The van der Waals surface area contributed by atoms with Gasteiger partial charge in [-0.1, -0.05) is 24.6 Å². The van der Waals surface area contributed by atoms with Crippen molar-refractivity contribution in [2.45, 2.75) is 96.9 Å². The molecule has 9 nitrogen and oxygen atoms in total. The fraction of sp³-hybridized carbons (Fsp3) is 0.618. The highest BCUT2D eigenvalue weighted by molar-refractivity contribution is 5.77. The maximum Gasteiger partial charge on any atom is 0.222 e. The molecule has 1 N–H and O–H groups in total. The van der Waals surface area contributed by atoms with Crippen LogP contribution in [0.5, 0.6) is 5.75 Å². The van der Waals surface area contributed by atoms with Crippen LogP contribution in [0.3, 0.4) is 0 Å². The third-order valence-electron chi connectivity index (χ3n) is 9.52. The Hall–Kier alpha value is -3.49. The van der Waals surface area contributed by atoms with Gasteiger partial charge in [0.15, 0.2) is 0 Å². The molecule has 232 valence electrons. The van der Waals surface area contributed by atoms with Gasteiger partial charge in [0.05, 0.1) is 18.3 Å². The Balaban J connectivity index is 1.16. The van der Waals surface area contributed by atoms with Crippen molar-refractivity contribution in [3.63, 3.8) is 0 Å². The predicted octanol–water partition coefficient (Wildman–Crippen LogP) is 4.71. The summed E-state index contributed by atoms with van der Waals surface area (Å²) >= 11 is 0. The average Bonchev–Trinajstić information content (AvgIpc) is 3.51. The Labute approximate surface area is 255 Å². The van der Waals surface area contributed by atoms with Crippen LogP contribution in [0.15, 0.2) is 30.3 Å². The summed E-state index contributed by atoms with van der Waals surface area (Å²) in [6.45, 7) is 6.90. The summed E-state index contributed by atoms with van der Waals surface area (Å²) < 4.78 is 5.98. The molecular weight excluding hydrogens is 542 g/mol. The fourth-order valence-electron chi connectivity index (χ4n) is 7.00. The van der Waals surface area contributed by atoms with Crippen molar-refractivity contribution < 1.29 is 19.1 Å². The van der Waals surface area contributed by atoms with Gasteiger partial charge in [-0.25, -0.2) is 9.97 Å². The van der Waals surface area contributed by atoms with E-state index < -0.39 is 0 Å². The summed E-state index contributed by atoms with van der Waals surface area (Å²) in [5.74, 6) is 1.93. The lowest BCUT2D eigenvalue weighted by Gasteiger charge is -2.42. The monoisotopic (exact) mass is 589 g/mol. The fourth-order valence-corrected chi connectivity index (χ4v) is 7.00. The Morgan fingerprint density at radius 2 is 1.84 bits per heavy atom. The highest BCUT2D eigenvalue weighted by atomic mass is 16.5. The van der Waals surface area contributed by atoms with Crippen LogP contribution < -0.4 is 10.1 Å². The lowest BCUT2D eigenvalue weighted by molar-refractivity contribution is -0.134. The minimum atomic E-state index is -0.00438. The number of para-hydroxylation sites is 1. The Kier molecular flexibility index (Phi) is 10.3. The number of piperidine rings is 1. The van der Waals surface area contributed by atoms with Crippen molar-refractivity contribution in [2.75, 3.05) is 32.8 Å². The first-order valence-corrected chi connectivity index (χ1v) is 16.2. The standard InChI is InChI=1S/C34H47N5O4/c1-25-36-28(23-29(37-25)30-11-7-19-39(30)26(2)40)14-15-33(42)38-20-17-34(18-21-38)16-6-5-10-27-9-3-4-12-31(27)43-22-8-13-32(41)35-24-34/h3-4,9,12,23,30H,5-8,10-11,13-22,24H2,1-2H3,(H,35,41). The van der Waals surface area contributed by atoms with Gasteiger partial charge in [-0.15, -0.1) is 0 Å². The minimum Gasteiger partial charge on any atom is -0.493 e. The van der Waals surface area contributed by atoms with E-state index in [0.29, 0.717) is 44.7 Å². The van der Waals surface area contributed by atoms with Crippen molar-refractivity contribution in [1.82, 2.24) is 25.1 Å². The SMILES string of the molecule is CC(=O)N1CCCC1c1cc(CCC(=O)N2CCC3(CCCCc4ccccc4OCCCC(=O)NC3)CC2)nc(C)n1. The van der Waals surface area contributed by atoms with E-state index in [1.165, 1.54) is 5.56 Å². The molecule has 0 saturated carbocycles. The van der Waals surface area contributed by atoms with Crippen molar-refractivity contribution in [1.29, 1.82) is 0 Å². The van der Waals surface area contributed by atoms with Crippen LogP contribution in [0.25, 0.3) is 0 Å². The van der Waals surface area contributed by atoms with Gasteiger partial charge in [-0.05, 0) is 87.8 Å². The van der Waals surface area contributed by atoms with Crippen molar-refractivity contribution in [2.24, 2.45) is 5.41 Å². The third kappa shape index (κ3) is 8.12. The molecule has 3 aliphatic heterocycles. The Bertz CT molecular complexity index is 1290. The van der Waals surface area contributed by atoms with E-state index in [4.69, 9.17) is 4.74 Å². The number of carbonyl (C=O) groups excluding carboxylic acids is 3. The number of rotatable bonds is 4. The topological polar surface area (TPSA) is 105 Å². The smallest absolute Gasteiger partial charge is 0.222 e. The number of hydrogen-bond donors (Lipinski definition) is 1. The summed E-state index contributed by atoms with van der Waals surface area (Å²) in [5, 5.41) is 3.21. The van der Waals surface area contributed by atoms with Crippen molar-refractivity contribution in [3.05, 3.63) is 53.1 Å². The van der Waals surface area contributed by atoms with Gasteiger partial charge in [0.2, 0.25) is 17.7 Å². The number of carbonyl (C=O) groups is 3. The predicted molar refractivity (Wildman–Crippen MR) is 164 cm³/mol. The van der Waals surface area contributed by atoms with Crippen LogP contribution in [0.4, 0.5) is 0 Å². The summed E-state index contributed by atoms with van der Waals surface area (Å²) in [6.07, 6.45) is 9.99. The molecule has 2 saturated heterocycles. The molecule has 3 aliphatic rings. The molecule has 1 aromatic carbocycles. The van der Waals surface area contributed by atoms with E-state index in [-0.39, 0.29) is 29.2 Å². The first-order chi connectivity index (χ1) is 20.8. The second-order valence-electron chi connectivity index (χ2n) is 12.6. The van der Waals surface area contributed by atoms with E-state index in [2.05, 4.69) is 27.4 Å². The third-order valence-corrected chi connectivity index (χ3v) is 9.52. The quantitative estimate of drug-likeness (QED) is 0.554. The second kappa shape index (κ2) is 14.3. The molecule has 1 unspecified atom stereocenters. The lowest BCUT2D eigenvalue weighted by atomic mass is 9.74. The minimum absolute atomic E-state index is 0.00438. The van der Waals surface area contributed by atoms with E-state index in [1.54, 1.807) is 6.92 Å². The lowest BCUT2D eigenvalue weighted by Crippen LogP contribution is -2.48. The highest BCUT2D eigenvalue weighted by Crippen LogP contribution is 2.37. The van der Waals surface area contributed by atoms with E-state index in [1.807, 2.05) is 34.9 Å². The van der Waals surface area contributed by atoms with E-state index in [9.17, 15) is 14.4 Å². The van der Waals surface area contributed by atoms with E-state index >= 15 is 0 Å². The van der Waals surface area contributed by atoms with Crippen LogP contribution in [0, 0.1) is 12.3 Å². The van der Waals surface area contributed by atoms with Crippen LogP contribution in [0.2, 0.25) is 0 Å². The number of hydrogen-bond acceptors (Lipinski definition) is 6. The molecule has 2 aromatic rings. The van der Waals surface area contributed by atoms with Gasteiger partial charge in [-0.2, -0.15) is 0 Å². The largest absolute Gasteiger partial charge is 0.493 e. The summed E-state index contributed by atoms with van der Waals surface area (Å²) in [6, 6.07) is 10.2. The molecule has 2 fully saturated rings. The number of aryl methyl sites for hydroxylation is 3. The number of nitrogens with one attached hydrogen (secondary N) is 1. The Morgan fingerprint density at radius 1 is 1.02 bits per heavy atom. The zero-order valence-corrected chi connectivity index (χ0v) is 25.9. The second-order valence-corrected chi connectivity index (χ2v) is 12.6. The summed E-state index contributed by atoms with van der Waals surface area (Å²) in [4.78, 5) is 51.2. The number of nitrogens with zero attached hydrogens (tertiary/aromatic N) is 4. The van der Waals surface area contributed by atoms with Gasteiger partial charge in [-0.3, -0.25) is 14.4 Å². The summed E-state index contributed by atoms with van der Waals surface area (Å²) in [5.41, 5.74) is 3.01. The Morgan fingerprint density at radius 3 is 2.65 bits per heavy atom. The van der Waals surface area contributed by atoms with Gasteiger partial charge >= 0.3 is 0 Å². The molecule has 1 spiro atoms. The maximum absolute atomic E-state index is 13.3. The first-order valence-electron chi connectivity index (χ1n) is 16.2. The molecule has 1 aromatic heterocycles. The average molecular weight is 590 g/mol. The van der Waals surface area contributed by atoms with Crippen LogP contribution in [0.1, 0.15) is 99.9 Å². The first kappa shape index (κ1) is 31.0. The van der Waals surface area contributed by atoms with Crippen LogP contribution in [-0.2, 0) is 27.2 Å². The molecule has 5 rings (SSSR count). The number of likely N-dealkylation sites (tertiary alicyclic amines) is 2. The molecule has 0 radical (unpaired) electrons. The maximum atomic E-state index is 13.3. The van der Waals surface area contributed by atoms with Crippen molar-refractivity contribution >= 4 is 17.7 Å². The highest BCUT2D eigenvalue weighted by Gasteiger charge is 2.36. The van der Waals surface area contributed by atoms with Gasteiger partial charge in [0.1, 0.15) is 11.6 Å². The van der Waals surface area contributed by atoms with Gasteiger partial charge in [0, 0.05) is 51.6 Å². The molecule has 3 amide bonds. The van der Waals surface area contributed by atoms with Crippen molar-refractivity contribution in [3.8, 4) is 5.75 Å². The van der Waals surface area contributed by atoms with Gasteiger partial charge < -0.3 is 19.9 Å². The molecule has 43 heavy (non-hydrogen) atoms. The zero-order chi connectivity index (χ0) is 30.2. The summed E-state index contributed by atoms with van der Waals surface area (Å²) in [7, 11) is 0. The van der Waals surface area contributed by atoms with E-state index in [0.717, 1.165) is 88.1 Å². The van der Waals surface area contributed by atoms with Crippen LogP contribution in [-0.4, -0.2) is 70.3 Å². The van der Waals surface area contributed by atoms with Crippen LogP contribution >= 0.6 is 0 Å². The number of amides is 3. The molecule has 4 heterocycles. The van der Waals surface area contributed by atoms with Gasteiger partial charge in [0.25, 0.3) is 0 Å². The molecule has 9 heteroatoms. The molecular formula is C34H47N5O4. The number of ether oxygens (including phenoxy) is 1. The zero-order valence-electron chi connectivity index (χ0n) is 25.9. The number of benzene rings is 1. The molecule has 0 bridgehead atoms. The number of aromatic nitrogens is 2. The molecule has 0 aliphatic carbocycles. The molecule has 1 atom stereocenters.